The predicted octanol–water partition coefficient (Wildman–Crippen LogP) is 0.494. The molecule has 0 aliphatic heterocycles. The van der Waals surface area contributed by atoms with Crippen molar-refractivity contribution in [3.63, 3.8) is 0 Å². The zero-order valence-electron chi connectivity index (χ0n) is 10.8. The van der Waals surface area contributed by atoms with E-state index in [1.54, 1.807) is 6.07 Å². The van der Waals surface area contributed by atoms with Gasteiger partial charge in [0, 0.05) is 5.92 Å². The summed E-state index contributed by atoms with van der Waals surface area (Å²) in [4.78, 5) is 22.5. The second-order valence-electron chi connectivity index (χ2n) is 4.36. The SMILES string of the molecule is C=CC(c1ccccc1)C(CC(=O)O)(C(=O)O)S(=O)(=O)O.[NaH]. The topological polar surface area (TPSA) is 129 Å². The van der Waals surface area contributed by atoms with Crippen molar-refractivity contribution in [1.29, 1.82) is 0 Å². The van der Waals surface area contributed by atoms with Gasteiger partial charge < -0.3 is 10.2 Å². The van der Waals surface area contributed by atoms with Crippen LogP contribution in [-0.4, -0.2) is 69.4 Å². The summed E-state index contributed by atoms with van der Waals surface area (Å²) in [5, 5.41) is 18.2. The Morgan fingerprint density at radius 3 is 2.05 bits per heavy atom. The van der Waals surface area contributed by atoms with Gasteiger partial charge in [-0.15, -0.1) is 6.58 Å². The first-order chi connectivity index (χ1) is 9.66. The van der Waals surface area contributed by atoms with Gasteiger partial charge in [-0.05, 0) is 5.56 Å². The van der Waals surface area contributed by atoms with Crippen molar-refractivity contribution in [1.82, 2.24) is 0 Å². The minimum absolute atomic E-state index is 0. The molecule has 0 aliphatic rings. The normalized spacial score (nSPS) is 15.0. The average molecular weight is 338 g/mol. The van der Waals surface area contributed by atoms with Crippen LogP contribution >= 0.6 is 0 Å². The summed E-state index contributed by atoms with van der Waals surface area (Å²) in [5.74, 6) is -5.05. The zero-order chi connectivity index (χ0) is 16.3. The van der Waals surface area contributed by atoms with Crippen LogP contribution in [0.1, 0.15) is 17.9 Å². The monoisotopic (exact) mass is 338 g/mol. The van der Waals surface area contributed by atoms with Crippen molar-refractivity contribution in [3.8, 4) is 0 Å². The first-order valence-electron chi connectivity index (χ1n) is 5.76. The summed E-state index contributed by atoms with van der Waals surface area (Å²) >= 11 is 0. The molecule has 3 N–H and O–H groups in total. The molecule has 0 saturated carbocycles. The molecule has 0 heterocycles. The Bertz CT molecular complexity index is 656. The van der Waals surface area contributed by atoms with Crippen LogP contribution < -0.4 is 0 Å². The summed E-state index contributed by atoms with van der Waals surface area (Å²) < 4.78 is 29.8. The molecule has 0 spiro atoms. The number of benzene rings is 1. The molecule has 9 heteroatoms. The third-order valence-corrected chi connectivity index (χ3v) is 4.63. The summed E-state index contributed by atoms with van der Waals surface area (Å²) in [6, 6.07) is 7.54. The van der Waals surface area contributed by atoms with E-state index in [1.807, 2.05) is 0 Å². The van der Waals surface area contributed by atoms with Crippen LogP contribution in [0.3, 0.4) is 0 Å². The van der Waals surface area contributed by atoms with Crippen molar-refractivity contribution < 1.29 is 32.8 Å². The summed E-state index contributed by atoms with van der Waals surface area (Å²) in [7, 11) is -5.23. The second-order valence-corrected chi connectivity index (χ2v) is 6.04. The number of allylic oxidation sites excluding steroid dienone is 1. The fourth-order valence-electron chi connectivity index (χ4n) is 2.16. The van der Waals surface area contributed by atoms with Crippen molar-refractivity contribution >= 4 is 51.6 Å². The van der Waals surface area contributed by atoms with E-state index >= 15 is 0 Å². The van der Waals surface area contributed by atoms with Crippen molar-refractivity contribution in [3.05, 3.63) is 48.6 Å². The van der Waals surface area contributed by atoms with Gasteiger partial charge in [0.25, 0.3) is 10.1 Å². The molecule has 22 heavy (non-hydrogen) atoms. The Kier molecular flexibility index (Phi) is 7.46. The molecule has 1 rings (SSSR count). The molecule has 1 aromatic carbocycles. The predicted molar refractivity (Wildman–Crippen MR) is 80.7 cm³/mol. The molecular weight excluding hydrogens is 323 g/mol. The van der Waals surface area contributed by atoms with Crippen molar-refractivity contribution in [2.24, 2.45) is 0 Å². The Morgan fingerprint density at radius 1 is 1.23 bits per heavy atom. The number of aliphatic carboxylic acids is 2. The van der Waals surface area contributed by atoms with Crippen LogP contribution in [0.5, 0.6) is 0 Å². The zero-order valence-corrected chi connectivity index (χ0v) is 11.7. The minimum atomic E-state index is -5.23. The first kappa shape index (κ1) is 20.8. The van der Waals surface area contributed by atoms with E-state index < -0.39 is 39.1 Å². The van der Waals surface area contributed by atoms with Gasteiger partial charge >= 0.3 is 41.5 Å². The maximum atomic E-state index is 11.7. The summed E-state index contributed by atoms with van der Waals surface area (Å²) in [6.07, 6.45) is -0.299. The summed E-state index contributed by atoms with van der Waals surface area (Å²) in [5.41, 5.74) is 0.216. The van der Waals surface area contributed by atoms with E-state index in [2.05, 4.69) is 6.58 Å². The van der Waals surface area contributed by atoms with Gasteiger partial charge in [0.15, 0.2) is 0 Å². The van der Waals surface area contributed by atoms with Gasteiger partial charge in [-0.2, -0.15) is 8.42 Å². The van der Waals surface area contributed by atoms with Crippen molar-refractivity contribution in [2.75, 3.05) is 0 Å². The molecule has 2 atom stereocenters. The number of carbonyl (C=O) groups is 2. The first-order valence-corrected chi connectivity index (χ1v) is 7.20. The van der Waals surface area contributed by atoms with E-state index in [0.29, 0.717) is 0 Å². The van der Waals surface area contributed by atoms with Gasteiger partial charge in [0.2, 0.25) is 4.75 Å². The van der Waals surface area contributed by atoms with E-state index in [1.165, 1.54) is 24.3 Å². The van der Waals surface area contributed by atoms with Gasteiger partial charge in [-0.3, -0.25) is 14.1 Å². The molecule has 0 fully saturated rings. The Hall–Kier alpha value is -1.19. The number of hydrogen-bond donors (Lipinski definition) is 3. The van der Waals surface area contributed by atoms with Crippen molar-refractivity contribution in [2.45, 2.75) is 17.1 Å². The Labute approximate surface area is 149 Å². The molecule has 116 valence electrons. The van der Waals surface area contributed by atoms with Crippen LogP contribution in [0.4, 0.5) is 0 Å². The van der Waals surface area contributed by atoms with Gasteiger partial charge in [0.1, 0.15) is 0 Å². The molecule has 1 aromatic rings. The molecule has 2 unspecified atom stereocenters. The van der Waals surface area contributed by atoms with Crippen LogP contribution in [-0.2, 0) is 19.7 Å². The Morgan fingerprint density at radius 2 is 1.73 bits per heavy atom. The van der Waals surface area contributed by atoms with Crippen LogP contribution in [0.25, 0.3) is 0 Å². The molecule has 0 amide bonds. The fourth-order valence-corrected chi connectivity index (χ4v) is 3.24. The third-order valence-electron chi connectivity index (χ3n) is 3.13. The van der Waals surface area contributed by atoms with E-state index in [9.17, 15) is 27.7 Å². The van der Waals surface area contributed by atoms with Crippen LogP contribution in [0, 0.1) is 0 Å². The summed E-state index contributed by atoms with van der Waals surface area (Å²) in [6.45, 7) is 3.37. The number of hydrogen-bond acceptors (Lipinski definition) is 4. The number of carboxylic acid groups (broad SMARTS) is 2. The second kappa shape index (κ2) is 7.89. The number of rotatable bonds is 7. The molecule has 0 radical (unpaired) electrons. The molecule has 7 nitrogen and oxygen atoms in total. The third kappa shape index (κ3) is 3.96. The quantitative estimate of drug-likeness (QED) is 0.375. The average Bonchev–Trinajstić information content (AvgIpc) is 2.37. The van der Waals surface area contributed by atoms with Gasteiger partial charge in [-0.25, -0.2) is 0 Å². The molecule has 0 aliphatic carbocycles. The van der Waals surface area contributed by atoms with E-state index in [-0.39, 0.29) is 35.1 Å². The Balaban J connectivity index is 0.00000441. The van der Waals surface area contributed by atoms with Crippen LogP contribution in [0.2, 0.25) is 0 Å². The molecule has 0 bridgehead atoms. The molecule has 0 saturated heterocycles. The molecular formula is C13H15NaO7S. The molecule has 0 aromatic heterocycles. The van der Waals surface area contributed by atoms with E-state index in [0.717, 1.165) is 6.08 Å². The number of carboxylic acids is 2. The van der Waals surface area contributed by atoms with Gasteiger partial charge in [-0.1, -0.05) is 36.4 Å². The fraction of sp³-hybridized carbons (Fsp3) is 0.231. The standard InChI is InChI=1S/C13H14O7S.Na.H/c1-2-10(9-6-4-3-5-7-9)13(12(16)17,8-11(14)15)21(18,19)20;;/h2-7,10H,1,8H2,(H,14,15)(H,16,17)(H,18,19,20);;. The van der Waals surface area contributed by atoms with E-state index in [4.69, 9.17) is 5.11 Å². The van der Waals surface area contributed by atoms with Gasteiger partial charge in [0.05, 0.1) is 6.42 Å². The van der Waals surface area contributed by atoms with Crippen LogP contribution in [0.15, 0.2) is 43.0 Å². The maximum absolute atomic E-state index is 11.7.